The number of rotatable bonds is 2. The van der Waals surface area contributed by atoms with Gasteiger partial charge < -0.3 is 10.0 Å². The average Bonchev–Trinajstić information content (AvgIpc) is 2.28. The first kappa shape index (κ1) is 13.1. The summed E-state index contributed by atoms with van der Waals surface area (Å²) in [6.45, 7) is 0.492. The van der Waals surface area contributed by atoms with Crippen molar-refractivity contribution in [3.05, 3.63) is 28.8 Å². The normalized spacial score (nSPS) is 18.7. The summed E-state index contributed by atoms with van der Waals surface area (Å²) >= 11 is 5.84. The predicted octanol–water partition coefficient (Wildman–Crippen LogP) is 3.27. The van der Waals surface area contributed by atoms with Gasteiger partial charge in [0.2, 0.25) is 0 Å². The first-order valence-electron chi connectivity index (χ1n) is 5.55. The van der Waals surface area contributed by atoms with Crippen LogP contribution in [0, 0.1) is 0 Å². The second-order valence-electron chi connectivity index (χ2n) is 4.31. The maximum absolute atomic E-state index is 13.0. The van der Waals surface area contributed by atoms with E-state index < -0.39 is 11.9 Å². The van der Waals surface area contributed by atoms with E-state index in [9.17, 15) is 13.6 Å². The van der Waals surface area contributed by atoms with Crippen molar-refractivity contribution >= 4 is 23.3 Å². The van der Waals surface area contributed by atoms with Crippen LogP contribution in [0.4, 0.5) is 14.5 Å². The molecule has 98 valence electrons. The molecule has 0 radical (unpaired) electrons. The van der Waals surface area contributed by atoms with E-state index in [4.69, 9.17) is 16.7 Å². The molecule has 0 bridgehead atoms. The van der Waals surface area contributed by atoms with Crippen LogP contribution in [0.15, 0.2) is 18.2 Å². The molecule has 1 aliphatic heterocycles. The molecule has 1 aromatic carbocycles. The summed E-state index contributed by atoms with van der Waals surface area (Å²) < 4.78 is 26.0. The number of carbonyl (C=O) groups is 1. The molecule has 1 heterocycles. The first-order chi connectivity index (χ1) is 8.39. The zero-order valence-electron chi connectivity index (χ0n) is 9.50. The summed E-state index contributed by atoms with van der Waals surface area (Å²) in [5, 5.41) is 8.96. The Labute approximate surface area is 108 Å². The molecule has 0 amide bonds. The highest BCUT2D eigenvalue weighted by Gasteiger charge is 2.34. The van der Waals surface area contributed by atoms with E-state index in [0.29, 0.717) is 5.69 Å². The Bertz CT molecular complexity index is 469. The minimum Gasteiger partial charge on any atom is -0.478 e. The molecule has 1 aliphatic rings. The number of aromatic carboxylic acids is 1. The Morgan fingerprint density at radius 1 is 1.33 bits per heavy atom. The average molecular weight is 276 g/mol. The highest BCUT2D eigenvalue weighted by Crippen LogP contribution is 2.32. The zero-order valence-corrected chi connectivity index (χ0v) is 10.3. The van der Waals surface area contributed by atoms with E-state index in [1.165, 1.54) is 12.1 Å². The van der Waals surface area contributed by atoms with Crippen LogP contribution in [-0.2, 0) is 0 Å². The van der Waals surface area contributed by atoms with Crippen LogP contribution in [0.5, 0.6) is 0 Å². The number of halogens is 3. The van der Waals surface area contributed by atoms with Gasteiger partial charge in [-0.1, -0.05) is 11.6 Å². The summed E-state index contributed by atoms with van der Waals surface area (Å²) in [6.07, 6.45) is -0.378. The van der Waals surface area contributed by atoms with E-state index in [2.05, 4.69) is 0 Å². The molecule has 1 N–H and O–H groups in total. The third kappa shape index (κ3) is 2.72. The van der Waals surface area contributed by atoms with Gasteiger partial charge in [0.05, 0.1) is 10.6 Å². The van der Waals surface area contributed by atoms with Crippen molar-refractivity contribution < 1.29 is 18.7 Å². The van der Waals surface area contributed by atoms with E-state index in [1.54, 1.807) is 11.0 Å². The van der Waals surface area contributed by atoms with Crippen LogP contribution >= 0.6 is 11.6 Å². The molecule has 0 atom stereocenters. The summed E-state index contributed by atoms with van der Waals surface area (Å²) in [4.78, 5) is 12.6. The quantitative estimate of drug-likeness (QED) is 0.900. The molecule has 18 heavy (non-hydrogen) atoms. The van der Waals surface area contributed by atoms with Crippen molar-refractivity contribution in [3.8, 4) is 0 Å². The lowest BCUT2D eigenvalue weighted by molar-refractivity contribution is -0.0220. The zero-order chi connectivity index (χ0) is 13.3. The van der Waals surface area contributed by atoms with E-state index in [1.807, 2.05) is 0 Å². The number of piperidine rings is 1. The smallest absolute Gasteiger partial charge is 0.337 e. The summed E-state index contributed by atoms with van der Waals surface area (Å²) in [7, 11) is 0. The van der Waals surface area contributed by atoms with Crippen LogP contribution in [0.3, 0.4) is 0 Å². The standard InChI is InChI=1S/C12H12ClF2NO2/c13-10-7-8(1-2-9(10)11(17)18)16-5-3-12(14,15)4-6-16/h1-2,7H,3-6H2,(H,17,18). The fraction of sp³-hybridized carbons (Fsp3) is 0.417. The van der Waals surface area contributed by atoms with Crippen molar-refractivity contribution in [1.82, 2.24) is 0 Å². The minimum atomic E-state index is -2.60. The van der Waals surface area contributed by atoms with E-state index in [-0.39, 0.29) is 36.5 Å². The van der Waals surface area contributed by atoms with Crippen molar-refractivity contribution in [2.24, 2.45) is 0 Å². The number of anilines is 1. The predicted molar refractivity (Wildman–Crippen MR) is 64.8 cm³/mol. The van der Waals surface area contributed by atoms with Gasteiger partial charge in [0.15, 0.2) is 0 Å². The van der Waals surface area contributed by atoms with Crippen molar-refractivity contribution in [2.45, 2.75) is 18.8 Å². The minimum absolute atomic E-state index is 0.0164. The third-order valence-electron chi connectivity index (χ3n) is 3.04. The van der Waals surface area contributed by atoms with Gasteiger partial charge in [0.25, 0.3) is 5.92 Å². The SMILES string of the molecule is O=C(O)c1ccc(N2CCC(F)(F)CC2)cc1Cl. The maximum Gasteiger partial charge on any atom is 0.337 e. The lowest BCUT2D eigenvalue weighted by Crippen LogP contribution is -2.39. The summed E-state index contributed by atoms with van der Waals surface area (Å²) in [5.41, 5.74) is 0.697. The Morgan fingerprint density at radius 2 is 1.94 bits per heavy atom. The number of alkyl halides is 2. The largest absolute Gasteiger partial charge is 0.478 e. The first-order valence-corrected chi connectivity index (χ1v) is 5.92. The topological polar surface area (TPSA) is 40.5 Å². The van der Waals surface area contributed by atoms with Crippen LogP contribution < -0.4 is 4.90 Å². The number of carboxylic acids is 1. The van der Waals surface area contributed by atoms with Gasteiger partial charge >= 0.3 is 5.97 Å². The van der Waals surface area contributed by atoms with Crippen LogP contribution in [0.2, 0.25) is 5.02 Å². The molecule has 1 saturated heterocycles. The number of hydrogen-bond acceptors (Lipinski definition) is 2. The van der Waals surface area contributed by atoms with Gasteiger partial charge in [0, 0.05) is 31.6 Å². The molecule has 0 spiro atoms. The molecular weight excluding hydrogens is 264 g/mol. The molecule has 0 saturated carbocycles. The number of hydrogen-bond donors (Lipinski definition) is 1. The molecule has 0 aliphatic carbocycles. The number of carboxylic acid groups (broad SMARTS) is 1. The van der Waals surface area contributed by atoms with E-state index >= 15 is 0 Å². The molecule has 2 rings (SSSR count). The van der Waals surface area contributed by atoms with E-state index in [0.717, 1.165) is 0 Å². The fourth-order valence-corrected chi connectivity index (χ4v) is 2.22. The molecule has 3 nitrogen and oxygen atoms in total. The van der Waals surface area contributed by atoms with Gasteiger partial charge in [-0.3, -0.25) is 0 Å². The van der Waals surface area contributed by atoms with Crippen molar-refractivity contribution in [1.29, 1.82) is 0 Å². The van der Waals surface area contributed by atoms with Crippen molar-refractivity contribution in [2.75, 3.05) is 18.0 Å². The maximum atomic E-state index is 13.0. The second kappa shape index (κ2) is 4.72. The van der Waals surface area contributed by atoms with Gasteiger partial charge in [-0.25, -0.2) is 13.6 Å². The number of benzene rings is 1. The monoisotopic (exact) mass is 275 g/mol. The van der Waals surface area contributed by atoms with Gasteiger partial charge in [0.1, 0.15) is 0 Å². The van der Waals surface area contributed by atoms with Gasteiger partial charge in [-0.05, 0) is 18.2 Å². The molecule has 1 aromatic rings. The third-order valence-corrected chi connectivity index (χ3v) is 3.36. The Morgan fingerprint density at radius 3 is 2.44 bits per heavy atom. The molecular formula is C12H12ClF2NO2. The fourth-order valence-electron chi connectivity index (χ4n) is 1.97. The Hall–Kier alpha value is -1.36. The molecule has 0 unspecified atom stereocenters. The lowest BCUT2D eigenvalue weighted by atomic mass is 10.1. The molecule has 6 heteroatoms. The Kier molecular flexibility index (Phi) is 3.43. The second-order valence-corrected chi connectivity index (χ2v) is 4.72. The van der Waals surface area contributed by atoms with Crippen LogP contribution in [0.25, 0.3) is 0 Å². The number of nitrogens with zero attached hydrogens (tertiary/aromatic N) is 1. The molecule has 0 aromatic heterocycles. The summed E-state index contributed by atoms with van der Waals surface area (Å²) in [5.74, 6) is -3.70. The highest BCUT2D eigenvalue weighted by atomic mass is 35.5. The lowest BCUT2D eigenvalue weighted by Gasteiger charge is -2.33. The molecule has 1 fully saturated rings. The van der Waals surface area contributed by atoms with Crippen LogP contribution in [-0.4, -0.2) is 30.1 Å². The van der Waals surface area contributed by atoms with Crippen LogP contribution in [0.1, 0.15) is 23.2 Å². The van der Waals surface area contributed by atoms with Gasteiger partial charge in [-0.2, -0.15) is 0 Å². The highest BCUT2D eigenvalue weighted by molar-refractivity contribution is 6.33. The van der Waals surface area contributed by atoms with Gasteiger partial charge in [-0.15, -0.1) is 0 Å². The van der Waals surface area contributed by atoms with Crippen molar-refractivity contribution in [3.63, 3.8) is 0 Å². The summed E-state index contributed by atoms with van der Waals surface area (Å²) in [6, 6.07) is 4.50. The Balaban J connectivity index is 2.16.